The Kier molecular flexibility index (Phi) is 3.10. The third kappa shape index (κ3) is 2.40. The van der Waals surface area contributed by atoms with Gasteiger partial charge in [-0.3, -0.25) is 14.8 Å². The van der Waals surface area contributed by atoms with Crippen molar-refractivity contribution in [3.8, 4) is 11.3 Å². The van der Waals surface area contributed by atoms with Crippen molar-refractivity contribution in [1.82, 2.24) is 10.2 Å². The average molecular weight is 324 g/mol. The molecule has 1 amide bonds. The van der Waals surface area contributed by atoms with E-state index in [4.69, 9.17) is 0 Å². The minimum absolute atomic E-state index is 0.0547. The number of carbonyl (C=O) groups is 1. The van der Waals surface area contributed by atoms with Gasteiger partial charge in [0.25, 0.3) is 0 Å². The highest BCUT2D eigenvalue weighted by Crippen LogP contribution is 2.27. The van der Waals surface area contributed by atoms with Crippen molar-refractivity contribution in [2.45, 2.75) is 11.2 Å². The molecule has 1 fully saturated rings. The first-order chi connectivity index (χ1) is 9.13. The summed E-state index contributed by atoms with van der Waals surface area (Å²) in [7, 11) is 0. The Labute approximate surface area is 117 Å². The molecular weight excluding hydrogens is 313 g/mol. The van der Waals surface area contributed by atoms with Crippen molar-refractivity contribution in [2.75, 3.05) is 11.4 Å². The summed E-state index contributed by atoms with van der Waals surface area (Å²) in [4.78, 5) is 13.6. The normalized spacial score (nSPS) is 19.2. The van der Waals surface area contributed by atoms with Gasteiger partial charge in [-0.05, 0) is 29.8 Å². The second-order valence-corrected chi connectivity index (χ2v) is 5.75. The van der Waals surface area contributed by atoms with Gasteiger partial charge in [0.1, 0.15) is 5.82 Å². The fraction of sp³-hybridized carbons (Fsp3) is 0.231. The van der Waals surface area contributed by atoms with Crippen LogP contribution >= 0.6 is 15.9 Å². The third-order valence-electron chi connectivity index (χ3n) is 3.07. The van der Waals surface area contributed by atoms with Gasteiger partial charge in [-0.2, -0.15) is 5.10 Å². The lowest BCUT2D eigenvalue weighted by atomic mass is 10.1. The minimum Gasteiger partial charge on any atom is -0.294 e. The van der Waals surface area contributed by atoms with Gasteiger partial charge < -0.3 is 0 Å². The summed E-state index contributed by atoms with van der Waals surface area (Å²) in [6.45, 7) is 0.618. The van der Waals surface area contributed by atoms with Gasteiger partial charge in [0.15, 0.2) is 5.82 Å². The SMILES string of the molecule is O=C1CC(Br)CN1c1cc(-c2ccc(F)cc2)[nH]n1. The summed E-state index contributed by atoms with van der Waals surface area (Å²) in [6, 6.07) is 7.93. The van der Waals surface area contributed by atoms with Gasteiger partial charge in [0.2, 0.25) is 5.91 Å². The molecule has 2 heterocycles. The number of amides is 1. The second kappa shape index (κ2) is 4.77. The molecule has 98 valence electrons. The Hall–Kier alpha value is -1.69. The summed E-state index contributed by atoms with van der Waals surface area (Å²) >= 11 is 3.43. The highest BCUT2D eigenvalue weighted by atomic mass is 79.9. The highest BCUT2D eigenvalue weighted by Gasteiger charge is 2.30. The number of anilines is 1. The van der Waals surface area contributed by atoms with Crippen LogP contribution in [0.1, 0.15) is 6.42 Å². The van der Waals surface area contributed by atoms with Crippen LogP contribution in [0.3, 0.4) is 0 Å². The van der Waals surface area contributed by atoms with E-state index in [9.17, 15) is 9.18 Å². The molecule has 1 N–H and O–H groups in total. The van der Waals surface area contributed by atoms with Crippen molar-refractivity contribution in [3.05, 3.63) is 36.1 Å². The van der Waals surface area contributed by atoms with Gasteiger partial charge in [-0.1, -0.05) is 15.9 Å². The zero-order valence-electron chi connectivity index (χ0n) is 9.94. The zero-order valence-corrected chi connectivity index (χ0v) is 11.5. The number of hydrogen-bond acceptors (Lipinski definition) is 2. The Morgan fingerprint density at radius 3 is 2.74 bits per heavy atom. The Bertz CT molecular complexity index is 611. The molecule has 1 aliphatic heterocycles. The summed E-state index contributed by atoms with van der Waals surface area (Å²) in [5.74, 6) is 0.380. The molecule has 1 aromatic carbocycles. The van der Waals surface area contributed by atoms with Crippen molar-refractivity contribution in [2.24, 2.45) is 0 Å². The maximum absolute atomic E-state index is 12.9. The number of nitrogens with one attached hydrogen (secondary N) is 1. The average Bonchev–Trinajstić information content (AvgIpc) is 2.97. The summed E-state index contributed by atoms with van der Waals surface area (Å²) in [5.41, 5.74) is 1.60. The first kappa shape index (κ1) is 12.3. The minimum atomic E-state index is -0.277. The molecule has 0 spiro atoms. The summed E-state index contributed by atoms with van der Waals surface area (Å²) in [6.07, 6.45) is 0.485. The topological polar surface area (TPSA) is 49.0 Å². The van der Waals surface area contributed by atoms with Crippen LogP contribution in [-0.2, 0) is 4.79 Å². The van der Waals surface area contributed by atoms with Crippen molar-refractivity contribution in [3.63, 3.8) is 0 Å². The Balaban J connectivity index is 1.87. The van der Waals surface area contributed by atoms with Gasteiger partial charge in [0, 0.05) is 23.9 Å². The van der Waals surface area contributed by atoms with Crippen molar-refractivity contribution < 1.29 is 9.18 Å². The van der Waals surface area contributed by atoms with Crippen LogP contribution < -0.4 is 4.90 Å². The molecule has 0 bridgehead atoms. The number of hydrogen-bond donors (Lipinski definition) is 1. The number of H-pyrrole nitrogens is 1. The van der Waals surface area contributed by atoms with Crippen LogP contribution in [-0.4, -0.2) is 27.5 Å². The molecule has 1 unspecified atom stereocenters. The van der Waals surface area contributed by atoms with Crippen LogP contribution in [0, 0.1) is 5.82 Å². The molecule has 1 saturated heterocycles. The van der Waals surface area contributed by atoms with Crippen LogP contribution in [0.4, 0.5) is 10.2 Å². The van der Waals surface area contributed by atoms with Crippen LogP contribution in [0.15, 0.2) is 30.3 Å². The lowest BCUT2D eigenvalue weighted by Crippen LogP contribution is -2.24. The van der Waals surface area contributed by atoms with Crippen LogP contribution in [0.5, 0.6) is 0 Å². The molecule has 19 heavy (non-hydrogen) atoms. The molecule has 0 aliphatic carbocycles. The Morgan fingerprint density at radius 2 is 2.11 bits per heavy atom. The standard InChI is InChI=1S/C13H11BrFN3O/c14-9-5-13(19)18(7-9)12-6-11(16-17-12)8-1-3-10(15)4-2-8/h1-4,6,9H,5,7H2,(H,16,17). The smallest absolute Gasteiger partial charge is 0.229 e. The number of alkyl halides is 1. The number of benzene rings is 1. The molecule has 1 aromatic heterocycles. The van der Waals surface area contributed by atoms with Gasteiger partial charge in [0.05, 0.1) is 5.69 Å². The van der Waals surface area contributed by atoms with E-state index in [0.29, 0.717) is 18.8 Å². The molecule has 0 saturated carbocycles. The summed E-state index contributed by atoms with van der Waals surface area (Å²) < 4.78 is 12.9. The molecule has 1 aliphatic rings. The number of halogens is 2. The Morgan fingerprint density at radius 1 is 1.37 bits per heavy atom. The molecule has 1 atom stereocenters. The number of rotatable bonds is 2. The maximum Gasteiger partial charge on any atom is 0.229 e. The molecule has 2 aromatic rings. The van der Waals surface area contributed by atoms with E-state index in [-0.39, 0.29) is 16.6 Å². The van der Waals surface area contributed by atoms with E-state index in [1.165, 1.54) is 12.1 Å². The molecule has 3 rings (SSSR count). The number of nitrogens with zero attached hydrogens (tertiary/aromatic N) is 2. The first-order valence-electron chi connectivity index (χ1n) is 5.89. The van der Waals surface area contributed by atoms with Crippen LogP contribution in [0.25, 0.3) is 11.3 Å². The van der Waals surface area contributed by atoms with Gasteiger partial charge >= 0.3 is 0 Å². The number of aromatic amines is 1. The predicted molar refractivity (Wildman–Crippen MR) is 73.7 cm³/mol. The fourth-order valence-electron chi connectivity index (χ4n) is 2.11. The molecular formula is C13H11BrFN3O. The number of aromatic nitrogens is 2. The third-order valence-corrected chi connectivity index (χ3v) is 3.69. The predicted octanol–water partition coefficient (Wildman–Crippen LogP) is 2.72. The molecule has 4 nitrogen and oxygen atoms in total. The number of carbonyl (C=O) groups excluding carboxylic acids is 1. The van der Waals surface area contributed by atoms with Crippen molar-refractivity contribution >= 4 is 27.7 Å². The zero-order chi connectivity index (χ0) is 13.4. The van der Waals surface area contributed by atoms with E-state index < -0.39 is 0 Å². The fourth-order valence-corrected chi connectivity index (χ4v) is 2.68. The van der Waals surface area contributed by atoms with E-state index in [2.05, 4.69) is 26.1 Å². The molecule has 0 radical (unpaired) electrons. The largest absolute Gasteiger partial charge is 0.294 e. The van der Waals surface area contributed by atoms with Gasteiger partial charge in [-0.25, -0.2) is 4.39 Å². The molecule has 6 heteroatoms. The summed E-state index contributed by atoms with van der Waals surface area (Å²) in [5, 5.41) is 7.02. The lowest BCUT2D eigenvalue weighted by molar-refractivity contribution is -0.117. The quantitative estimate of drug-likeness (QED) is 0.864. The monoisotopic (exact) mass is 323 g/mol. The van der Waals surface area contributed by atoms with Crippen molar-refractivity contribution in [1.29, 1.82) is 0 Å². The lowest BCUT2D eigenvalue weighted by Gasteiger charge is -2.10. The van der Waals surface area contributed by atoms with E-state index in [0.717, 1.165) is 11.3 Å². The van der Waals surface area contributed by atoms with E-state index in [1.54, 1.807) is 23.1 Å². The van der Waals surface area contributed by atoms with E-state index in [1.807, 2.05) is 0 Å². The maximum atomic E-state index is 12.9. The highest BCUT2D eigenvalue weighted by molar-refractivity contribution is 9.09. The second-order valence-electron chi connectivity index (χ2n) is 4.45. The first-order valence-corrected chi connectivity index (χ1v) is 6.81. The van der Waals surface area contributed by atoms with Gasteiger partial charge in [-0.15, -0.1) is 0 Å². The van der Waals surface area contributed by atoms with E-state index >= 15 is 0 Å². The van der Waals surface area contributed by atoms with Crippen LogP contribution in [0.2, 0.25) is 0 Å².